The molecule has 2 aromatic heterocycles. The Balaban J connectivity index is 1.14. The summed E-state index contributed by atoms with van der Waals surface area (Å²) < 4.78 is 0. The molecule has 0 radical (unpaired) electrons. The molecule has 2 aromatic carbocycles. The van der Waals surface area contributed by atoms with Crippen molar-refractivity contribution in [1.29, 1.82) is 0 Å². The number of hydrogen-bond donors (Lipinski definition) is 3. The molecular weight excluding hydrogens is 488 g/mol. The summed E-state index contributed by atoms with van der Waals surface area (Å²) >= 11 is 0. The molecule has 2 unspecified atom stereocenters. The van der Waals surface area contributed by atoms with Crippen molar-refractivity contribution in [3.8, 4) is 11.3 Å². The SMILES string of the molecule is O=C(N[C@@H](c1ncccn1)C1CCCC1)c1ccc2[nH]nc(-c3ccc(N4C5CCC4CC(O)C5)cc3)c2c1. The number of rotatable bonds is 6. The zero-order valence-corrected chi connectivity index (χ0v) is 22.0. The fraction of sp³-hybridized carbons (Fsp3) is 0.419. The second-order valence-corrected chi connectivity index (χ2v) is 11.4. The summed E-state index contributed by atoms with van der Waals surface area (Å²) in [6, 6.07) is 16.7. The topological polar surface area (TPSA) is 107 Å². The fourth-order valence-corrected chi connectivity index (χ4v) is 7.12. The van der Waals surface area contributed by atoms with Gasteiger partial charge in [0.2, 0.25) is 0 Å². The zero-order chi connectivity index (χ0) is 26.3. The van der Waals surface area contributed by atoms with Crippen LogP contribution in [0.4, 0.5) is 5.69 Å². The Bertz CT molecular complexity index is 1450. The van der Waals surface area contributed by atoms with E-state index in [4.69, 9.17) is 0 Å². The lowest BCUT2D eigenvalue weighted by Gasteiger charge is -2.39. The Kier molecular flexibility index (Phi) is 6.27. The maximum Gasteiger partial charge on any atom is 0.251 e. The number of nitrogens with one attached hydrogen (secondary N) is 2. The van der Waals surface area contributed by atoms with Crippen LogP contribution in [-0.4, -0.2) is 49.4 Å². The van der Waals surface area contributed by atoms with Crippen LogP contribution in [0.1, 0.15) is 73.6 Å². The van der Waals surface area contributed by atoms with Gasteiger partial charge in [0.1, 0.15) is 0 Å². The summed E-state index contributed by atoms with van der Waals surface area (Å²) in [6.07, 6.45) is 11.8. The number of aromatic nitrogens is 4. The van der Waals surface area contributed by atoms with Crippen molar-refractivity contribution in [3.05, 3.63) is 72.3 Å². The zero-order valence-electron chi connectivity index (χ0n) is 22.0. The van der Waals surface area contributed by atoms with E-state index < -0.39 is 0 Å². The summed E-state index contributed by atoms with van der Waals surface area (Å²) in [5, 5.41) is 22.1. The van der Waals surface area contributed by atoms with Crippen LogP contribution in [-0.2, 0) is 0 Å². The molecule has 2 bridgehead atoms. The van der Waals surface area contributed by atoms with Gasteiger partial charge in [-0.2, -0.15) is 5.10 Å². The molecule has 3 fully saturated rings. The lowest BCUT2D eigenvalue weighted by atomic mass is 9.96. The van der Waals surface area contributed by atoms with Gasteiger partial charge in [0.05, 0.1) is 23.4 Å². The smallest absolute Gasteiger partial charge is 0.251 e. The van der Waals surface area contributed by atoms with Gasteiger partial charge in [0.25, 0.3) is 5.91 Å². The first-order valence-electron chi connectivity index (χ1n) is 14.3. The van der Waals surface area contributed by atoms with Crippen LogP contribution in [0.3, 0.4) is 0 Å². The van der Waals surface area contributed by atoms with Gasteiger partial charge in [-0.25, -0.2) is 9.97 Å². The van der Waals surface area contributed by atoms with E-state index in [2.05, 4.69) is 54.6 Å². The summed E-state index contributed by atoms with van der Waals surface area (Å²) in [5.74, 6) is 0.910. The Morgan fingerprint density at radius 2 is 1.69 bits per heavy atom. The van der Waals surface area contributed by atoms with Crippen molar-refractivity contribution in [2.75, 3.05) is 4.90 Å². The van der Waals surface area contributed by atoms with Crippen LogP contribution in [0, 0.1) is 5.92 Å². The predicted octanol–water partition coefficient (Wildman–Crippen LogP) is 5.17. The van der Waals surface area contributed by atoms with Gasteiger partial charge < -0.3 is 15.3 Å². The first-order chi connectivity index (χ1) is 19.1. The minimum Gasteiger partial charge on any atom is -0.393 e. The highest BCUT2D eigenvalue weighted by Gasteiger charge is 2.40. The molecule has 1 saturated carbocycles. The first kappa shape index (κ1) is 24.3. The highest BCUT2D eigenvalue weighted by atomic mass is 16.3. The molecule has 2 saturated heterocycles. The van der Waals surface area contributed by atoms with Crippen LogP contribution < -0.4 is 10.2 Å². The second-order valence-electron chi connectivity index (χ2n) is 11.4. The number of fused-ring (bicyclic) bond motifs is 3. The summed E-state index contributed by atoms with van der Waals surface area (Å²) in [7, 11) is 0. The number of aliphatic hydroxyl groups excluding tert-OH is 1. The van der Waals surface area contributed by atoms with Gasteiger partial charge >= 0.3 is 0 Å². The lowest BCUT2D eigenvalue weighted by Crippen LogP contribution is -2.44. The standard InChI is InChI=1S/C31H34N6O2/c38-25-17-23-11-12-24(18-25)37(23)22-9-6-20(7-10-22)28-26-16-21(8-13-27(26)35-36-28)31(39)34-29(19-4-1-2-5-19)30-32-14-3-15-33-30/h3,6-10,13-16,19,23-25,29,38H,1-2,4-5,11-12,17-18H2,(H,34,39)(H,35,36)/t23?,24?,25?,29-/m1/s1. The van der Waals surface area contributed by atoms with E-state index in [1.807, 2.05) is 18.2 Å². The molecule has 4 aromatic rings. The molecule has 3 aliphatic rings. The molecule has 8 heteroatoms. The molecule has 3 atom stereocenters. The van der Waals surface area contributed by atoms with E-state index in [9.17, 15) is 9.90 Å². The highest BCUT2D eigenvalue weighted by Crippen LogP contribution is 2.40. The molecule has 200 valence electrons. The summed E-state index contributed by atoms with van der Waals surface area (Å²) in [6.45, 7) is 0. The van der Waals surface area contributed by atoms with Gasteiger partial charge in [0.15, 0.2) is 5.82 Å². The summed E-state index contributed by atoms with van der Waals surface area (Å²) in [4.78, 5) is 24.9. The maximum atomic E-state index is 13.5. The molecule has 39 heavy (non-hydrogen) atoms. The van der Waals surface area contributed by atoms with Gasteiger partial charge in [-0.15, -0.1) is 0 Å². The number of benzene rings is 2. The largest absolute Gasteiger partial charge is 0.393 e. The number of amides is 1. The number of anilines is 1. The molecule has 4 heterocycles. The Hall–Kier alpha value is -3.78. The average molecular weight is 523 g/mol. The number of carbonyl (C=O) groups excluding carboxylic acids is 1. The van der Waals surface area contributed by atoms with Crippen molar-refractivity contribution in [1.82, 2.24) is 25.5 Å². The van der Waals surface area contributed by atoms with Crippen molar-refractivity contribution in [3.63, 3.8) is 0 Å². The van der Waals surface area contributed by atoms with E-state index in [0.717, 1.165) is 60.7 Å². The van der Waals surface area contributed by atoms with Gasteiger partial charge in [-0.05, 0) is 80.8 Å². The maximum absolute atomic E-state index is 13.5. The molecular formula is C31H34N6O2. The summed E-state index contributed by atoms with van der Waals surface area (Å²) in [5.41, 5.74) is 4.55. The normalized spacial score (nSPS) is 23.8. The van der Waals surface area contributed by atoms with Crippen LogP contribution in [0.15, 0.2) is 60.9 Å². The second kappa shape index (κ2) is 10.1. The van der Waals surface area contributed by atoms with Gasteiger partial charge in [-0.3, -0.25) is 9.89 Å². The number of nitrogens with zero attached hydrogens (tertiary/aromatic N) is 4. The number of aliphatic hydroxyl groups is 1. The minimum absolute atomic E-state index is 0.119. The third kappa shape index (κ3) is 4.56. The molecule has 1 amide bonds. The van der Waals surface area contributed by atoms with Crippen LogP contribution in [0.25, 0.3) is 22.2 Å². The minimum atomic E-state index is -0.195. The number of piperidine rings is 1. The number of H-pyrrole nitrogens is 1. The number of aromatic amines is 1. The van der Waals surface area contributed by atoms with E-state index in [1.54, 1.807) is 18.5 Å². The molecule has 0 spiro atoms. The van der Waals surface area contributed by atoms with Crippen molar-refractivity contribution in [2.45, 2.75) is 75.6 Å². The number of hydrogen-bond acceptors (Lipinski definition) is 6. The fourth-order valence-electron chi connectivity index (χ4n) is 7.12. The molecule has 2 aliphatic heterocycles. The van der Waals surface area contributed by atoms with Gasteiger partial charge in [0, 0.05) is 46.7 Å². The number of carbonyl (C=O) groups is 1. The van der Waals surface area contributed by atoms with Crippen molar-refractivity contribution < 1.29 is 9.90 Å². The quantitative estimate of drug-likeness (QED) is 0.322. The van der Waals surface area contributed by atoms with Crippen molar-refractivity contribution in [2.24, 2.45) is 5.92 Å². The Labute approximate surface area is 227 Å². The lowest BCUT2D eigenvalue weighted by molar-refractivity contribution is 0.0919. The van der Waals surface area contributed by atoms with Crippen LogP contribution >= 0.6 is 0 Å². The third-order valence-electron chi connectivity index (χ3n) is 8.99. The predicted molar refractivity (Wildman–Crippen MR) is 150 cm³/mol. The van der Waals surface area contributed by atoms with Crippen LogP contribution in [0.5, 0.6) is 0 Å². The van der Waals surface area contributed by atoms with Gasteiger partial charge in [-0.1, -0.05) is 25.0 Å². The molecule has 7 rings (SSSR count). The average Bonchev–Trinajstić information content (AvgIpc) is 3.70. The van der Waals surface area contributed by atoms with E-state index in [1.165, 1.54) is 18.5 Å². The van der Waals surface area contributed by atoms with E-state index >= 15 is 0 Å². The van der Waals surface area contributed by atoms with Crippen molar-refractivity contribution >= 4 is 22.5 Å². The molecule has 8 nitrogen and oxygen atoms in total. The highest BCUT2D eigenvalue weighted by molar-refractivity contribution is 6.01. The Morgan fingerprint density at radius 1 is 0.974 bits per heavy atom. The monoisotopic (exact) mass is 522 g/mol. The Morgan fingerprint density at radius 3 is 2.41 bits per heavy atom. The first-order valence-corrected chi connectivity index (χ1v) is 14.3. The molecule has 1 aliphatic carbocycles. The molecule has 3 N–H and O–H groups in total. The van der Waals surface area contributed by atoms with E-state index in [-0.39, 0.29) is 18.1 Å². The van der Waals surface area contributed by atoms with E-state index in [0.29, 0.717) is 29.4 Å². The third-order valence-corrected chi connectivity index (χ3v) is 8.99. The van der Waals surface area contributed by atoms with Crippen LogP contribution in [0.2, 0.25) is 0 Å².